The molecule has 2 aromatic heterocycles. The van der Waals surface area contributed by atoms with E-state index in [1.165, 1.54) is 11.3 Å². The largest absolute Gasteiger partial charge is 0.298 e. The summed E-state index contributed by atoms with van der Waals surface area (Å²) in [5.41, 5.74) is 1.72. The number of rotatable bonds is 2. The zero-order chi connectivity index (χ0) is 13.2. The van der Waals surface area contributed by atoms with Crippen molar-refractivity contribution in [1.29, 1.82) is 0 Å². The fourth-order valence-electron chi connectivity index (χ4n) is 2.26. The van der Waals surface area contributed by atoms with Crippen LogP contribution in [0.3, 0.4) is 0 Å². The second-order valence-corrected chi connectivity index (χ2v) is 6.02. The Hall–Kier alpha value is -1.75. The lowest BCUT2D eigenvalue weighted by molar-refractivity contribution is 0.102. The van der Waals surface area contributed by atoms with E-state index in [0.717, 1.165) is 24.5 Å². The lowest BCUT2D eigenvalue weighted by Crippen LogP contribution is -2.12. The van der Waals surface area contributed by atoms with Crippen molar-refractivity contribution in [2.45, 2.75) is 26.2 Å². The van der Waals surface area contributed by atoms with Gasteiger partial charge in [0.05, 0.1) is 11.3 Å². The zero-order valence-electron chi connectivity index (χ0n) is 10.7. The quantitative estimate of drug-likeness (QED) is 0.915. The number of aryl methyl sites for hydroxylation is 1. The van der Waals surface area contributed by atoms with Gasteiger partial charge in [-0.3, -0.25) is 15.1 Å². The predicted octanol–water partition coefficient (Wildman–Crippen LogP) is 2.92. The smallest absolute Gasteiger partial charge is 0.259 e. The summed E-state index contributed by atoms with van der Waals surface area (Å²) in [6.45, 7) is 2.26. The first-order valence-electron chi connectivity index (χ1n) is 6.42. The van der Waals surface area contributed by atoms with Crippen LogP contribution < -0.4 is 5.32 Å². The minimum Gasteiger partial charge on any atom is -0.298 e. The Labute approximate surface area is 115 Å². The molecule has 4 nitrogen and oxygen atoms in total. The molecule has 19 heavy (non-hydrogen) atoms. The second kappa shape index (κ2) is 5.09. The molecule has 0 fully saturated rings. The molecule has 1 aliphatic rings. The Morgan fingerprint density at radius 3 is 3.21 bits per heavy atom. The number of fused-ring (bicyclic) bond motifs is 1. The number of hydrogen-bond donors (Lipinski definition) is 1. The van der Waals surface area contributed by atoms with Gasteiger partial charge in [-0.1, -0.05) is 6.92 Å². The molecule has 2 aromatic rings. The number of nitrogens with one attached hydrogen (secondary N) is 1. The molecule has 1 atom stereocenters. The van der Waals surface area contributed by atoms with Gasteiger partial charge in [0, 0.05) is 17.3 Å². The Balaban J connectivity index is 1.76. The van der Waals surface area contributed by atoms with Crippen LogP contribution in [0.15, 0.2) is 24.5 Å². The lowest BCUT2D eigenvalue weighted by Gasteiger charge is -2.15. The van der Waals surface area contributed by atoms with Crippen LogP contribution in [0.5, 0.6) is 0 Å². The third-order valence-corrected chi connectivity index (χ3v) is 4.37. The van der Waals surface area contributed by atoms with Crippen molar-refractivity contribution in [2.75, 3.05) is 5.32 Å². The molecule has 0 aromatic carbocycles. The van der Waals surface area contributed by atoms with E-state index < -0.39 is 0 Å². The first-order chi connectivity index (χ1) is 9.22. The van der Waals surface area contributed by atoms with Gasteiger partial charge in [-0.2, -0.15) is 0 Å². The van der Waals surface area contributed by atoms with Crippen molar-refractivity contribution in [1.82, 2.24) is 9.97 Å². The van der Waals surface area contributed by atoms with Crippen molar-refractivity contribution >= 4 is 22.4 Å². The molecule has 1 amide bonds. The van der Waals surface area contributed by atoms with Crippen molar-refractivity contribution in [3.63, 3.8) is 0 Å². The predicted molar refractivity (Wildman–Crippen MR) is 75.5 cm³/mol. The van der Waals surface area contributed by atoms with Crippen LogP contribution in [0.1, 0.15) is 34.3 Å². The Bertz CT molecular complexity index is 594. The van der Waals surface area contributed by atoms with Crippen LogP contribution in [0, 0.1) is 5.92 Å². The van der Waals surface area contributed by atoms with Crippen LogP contribution in [-0.4, -0.2) is 15.9 Å². The Kier molecular flexibility index (Phi) is 3.29. The maximum Gasteiger partial charge on any atom is 0.259 e. The fourth-order valence-corrected chi connectivity index (χ4v) is 3.43. The average molecular weight is 273 g/mol. The van der Waals surface area contributed by atoms with E-state index in [4.69, 9.17) is 0 Å². The molecule has 3 rings (SSSR count). The van der Waals surface area contributed by atoms with Gasteiger partial charge in [0.2, 0.25) is 0 Å². The van der Waals surface area contributed by atoms with E-state index in [-0.39, 0.29) is 5.91 Å². The fraction of sp³-hybridized carbons (Fsp3) is 0.357. The first kappa shape index (κ1) is 12.3. The molecule has 2 heterocycles. The average Bonchev–Trinajstić information content (AvgIpc) is 2.81. The van der Waals surface area contributed by atoms with Gasteiger partial charge in [-0.25, -0.2) is 4.98 Å². The molecule has 98 valence electrons. The summed E-state index contributed by atoms with van der Waals surface area (Å²) in [6.07, 6.45) is 6.50. The summed E-state index contributed by atoms with van der Waals surface area (Å²) in [6, 6.07) is 3.50. The standard InChI is InChI=1S/C14H15N3OS/c1-9-4-5-11-12(7-9)19-14(16-11)17-13(18)10-3-2-6-15-8-10/h2-3,6,8-9H,4-5,7H2,1H3,(H,16,17,18)/t9-/m1/s1. The molecule has 0 bridgehead atoms. The highest BCUT2D eigenvalue weighted by Crippen LogP contribution is 2.32. The molecule has 5 heteroatoms. The van der Waals surface area contributed by atoms with Crippen molar-refractivity contribution in [3.8, 4) is 0 Å². The van der Waals surface area contributed by atoms with Crippen LogP contribution >= 0.6 is 11.3 Å². The molecule has 1 aliphatic carbocycles. The molecule has 0 spiro atoms. The van der Waals surface area contributed by atoms with Crippen LogP contribution in [-0.2, 0) is 12.8 Å². The molecular weight excluding hydrogens is 258 g/mol. The normalized spacial score (nSPS) is 17.8. The van der Waals surface area contributed by atoms with Crippen molar-refractivity contribution in [2.24, 2.45) is 5.92 Å². The SMILES string of the molecule is C[C@@H]1CCc2nc(NC(=O)c3cccnc3)sc2C1. The molecule has 0 saturated carbocycles. The number of carbonyl (C=O) groups is 1. The summed E-state index contributed by atoms with van der Waals surface area (Å²) >= 11 is 1.60. The third kappa shape index (κ3) is 2.66. The van der Waals surface area contributed by atoms with E-state index in [1.54, 1.807) is 35.9 Å². The minimum atomic E-state index is -0.146. The van der Waals surface area contributed by atoms with Gasteiger partial charge >= 0.3 is 0 Å². The summed E-state index contributed by atoms with van der Waals surface area (Å²) < 4.78 is 0. The number of aromatic nitrogens is 2. The van der Waals surface area contributed by atoms with E-state index in [1.807, 2.05) is 0 Å². The minimum absolute atomic E-state index is 0.146. The van der Waals surface area contributed by atoms with E-state index in [2.05, 4.69) is 22.2 Å². The van der Waals surface area contributed by atoms with Crippen molar-refractivity contribution in [3.05, 3.63) is 40.7 Å². The summed E-state index contributed by atoms with van der Waals surface area (Å²) in [5.74, 6) is 0.571. The monoisotopic (exact) mass is 273 g/mol. The number of thiazole rings is 1. The zero-order valence-corrected chi connectivity index (χ0v) is 11.5. The van der Waals surface area contributed by atoms with E-state index in [0.29, 0.717) is 10.7 Å². The second-order valence-electron chi connectivity index (χ2n) is 4.93. The van der Waals surface area contributed by atoms with Gasteiger partial charge < -0.3 is 0 Å². The molecule has 0 unspecified atom stereocenters. The maximum atomic E-state index is 12.0. The highest BCUT2D eigenvalue weighted by molar-refractivity contribution is 7.15. The van der Waals surface area contributed by atoms with Gasteiger partial charge in [0.25, 0.3) is 5.91 Å². The van der Waals surface area contributed by atoms with Crippen LogP contribution in [0.4, 0.5) is 5.13 Å². The number of nitrogens with zero attached hydrogens (tertiary/aromatic N) is 2. The van der Waals surface area contributed by atoms with Crippen molar-refractivity contribution < 1.29 is 4.79 Å². The number of carbonyl (C=O) groups excluding carboxylic acids is 1. The molecule has 0 aliphatic heterocycles. The van der Waals surface area contributed by atoms with Crippen LogP contribution in [0.2, 0.25) is 0 Å². The highest BCUT2D eigenvalue weighted by atomic mass is 32.1. The van der Waals surface area contributed by atoms with Gasteiger partial charge in [0.15, 0.2) is 5.13 Å². The Morgan fingerprint density at radius 1 is 1.53 bits per heavy atom. The first-order valence-corrected chi connectivity index (χ1v) is 7.24. The molecule has 0 saturated heterocycles. The summed E-state index contributed by atoms with van der Waals surface area (Å²) in [4.78, 5) is 21.8. The van der Waals surface area contributed by atoms with Crippen LogP contribution in [0.25, 0.3) is 0 Å². The lowest BCUT2D eigenvalue weighted by atomic mass is 9.93. The van der Waals surface area contributed by atoms with Gasteiger partial charge in [-0.05, 0) is 37.3 Å². The summed E-state index contributed by atoms with van der Waals surface area (Å²) in [5, 5.41) is 3.56. The summed E-state index contributed by atoms with van der Waals surface area (Å²) in [7, 11) is 0. The topological polar surface area (TPSA) is 54.9 Å². The number of anilines is 1. The molecule has 0 radical (unpaired) electrons. The van der Waals surface area contributed by atoms with Gasteiger partial charge in [0.1, 0.15) is 0 Å². The molecular formula is C14H15N3OS. The molecule has 1 N–H and O–H groups in total. The third-order valence-electron chi connectivity index (χ3n) is 3.33. The number of pyridine rings is 1. The number of amides is 1. The van der Waals surface area contributed by atoms with E-state index in [9.17, 15) is 4.79 Å². The van der Waals surface area contributed by atoms with E-state index >= 15 is 0 Å². The van der Waals surface area contributed by atoms with Gasteiger partial charge in [-0.15, -0.1) is 11.3 Å². The number of hydrogen-bond acceptors (Lipinski definition) is 4. The maximum absolute atomic E-state index is 12.0. The Morgan fingerprint density at radius 2 is 2.42 bits per heavy atom. The highest BCUT2D eigenvalue weighted by Gasteiger charge is 2.20.